The number of halogens is 1. The number of nitrogens with zero attached hydrogens (tertiary/aromatic N) is 2. The van der Waals surface area contributed by atoms with Crippen molar-refractivity contribution >= 4 is 34.1 Å². The van der Waals surface area contributed by atoms with Gasteiger partial charge in [-0.3, -0.25) is 4.79 Å². The van der Waals surface area contributed by atoms with Crippen LogP contribution in [0, 0.1) is 3.57 Å². The molecule has 1 heterocycles. The first-order valence-electron chi connectivity index (χ1n) is 7.23. The number of carbonyl (C=O) groups excluding carboxylic acids is 1. The molecule has 1 aromatic heterocycles. The number of allylic oxidation sites excluding steroid dienone is 2. The van der Waals surface area contributed by atoms with Gasteiger partial charge in [-0.2, -0.15) is 9.78 Å². The number of carbonyl (C=O) groups is 1. The lowest BCUT2D eigenvalue weighted by molar-refractivity contribution is 0.0923. The average molecular weight is 392 g/mol. The van der Waals surface area contributed by atoms with Crippen LogP contribution in [0.1, 0.15) is 43.1 Å². The second-order valence-electron chi connectivity index (χ2n) is 5.28. The molecule has 0 amide bonds. The summed E-state index contributed by atoms with van der Waals surface area (Å²) in [5.41, 5.74) is 4.20. The molecule has 0 saturated heterocycles. The van der Waals surface area contributed by atoms with Gasteiger partial charge in [-0.05, 0) is 53.8 Å². The molecule has 3 nitrogen and oxygen atoms in total. The Labute approximate surface area is 138 Å². The van der Waals surface area contributed by atoms with E-state index in [-0.39, 0.29) is 5.91 Å². The number of aromatic nitrogens is 2. The third kappa shape index (κ3) is 2.81. The Bertz CT molecular complexity index is 701. The van der Waals surface area contributed by atoms with E-state index in [1.54, 1.807) is 11.6 Å². The van der Waals surface area contributed by atoms with Gasteiger partial charge in [0.25, 0.3) is 0 Å². The van der Waals surface area contributed by atoms with E-state index in [0.717, 1.165) is 33.4 Å². The number of rotatable bonds is 2. The molecule has 0 N–H and O–H groups in total. The summed E-state index contributed by atoms with van der Waals surface area (Å²) in [7, 11) is 0. The Balaban J connectivity index is 2.17. The molecule has 0 saturated carbocycles. The van der Waals surface area contributed by atoms with Gasteiger partial charge in [0.15, 0.2) is 0 Å². The van der Waals surface area contributed by atoms with Crippen LogP contribution in [0.3, 0.4) is 0 Å². The van der Waals surface area contributed by atoms with Gasteiger partial charge < -0.3 is 0 Å². The zero-order valence-electron chi connectivity index (χ0n) is 12.0. The lowest BCUT2D eigenvalue weighted by Crippen LogP contribution is -2.09. The highest BCUT2D eigenvalue weighted by atomic mass is 127. The van der Waals surface area contributed by atoms with Gasteiger partial charge in [-0.1, -0.05) is 36.4 Å². The maximum Gasteiger partial charge on any atom is 0.244 e. The van der Waals surface area contributed by atoms with Gasteiger partial charge in [0.1, 0.15) is 5.69 Å². The van der Waals surface area contributed by atoms with Gasteiger partial charge in [-0.15, -0.1) is 0 Å². The van der Waals surface area contributed by atoms with Crippen LogP contribution in [0.15, 0.2) is 36.4 Å². The third-order valence-electron chi connectivity index (χ3n) is 3.77. The summed E-state index contributed by atoms with van der Waals surface area (Å²) in [6.45, 7) is 1.56. The van der Waals surface area contributed by atoms with Crippen LogP contribution >= 0.6 is 22.6 Å². The maximum atomic E-state index is 12.0. The Kier molecular flexibility index (Phi) is 4.24. The standard InChI is InChI=1S/C17H17IN2O/c1-12(21)20-17(14-10-6-3-7-11-14)15(18)16(19-20)13-8-4-2-5-9-13/h3,6-8,10-11H,2,4-5,9H2,1H3. The number of hydrogen-bond acceptors (Lipinski definition) is 2. The highest BCUT2D eigenvalue weighted by Gasteiger charge is 2.22. The van der Waals surface area contributed by atoms with E-state index in [9.17, 15) is 4.79 Å². The van der Waals surface area contributed by atoms with E-state index in [0.29, 0.717) is 0 Å². The molecule has 1 aliphatic carbocycles. The lowest BCUT2D eigenvalue weighted by Gasteiger charge is -2.10. The van der Waals surface area contributed by atoms with Crippen molar-refractivity contribution in [1.29, 1.82) is 0 Å². The van der Waals surface area contributed by atoms with Crippen molar-refractivity contribution in [2.75, 3.05) is 0 Å². The second kappa shape index (κ2) is 6.13. The first-order valence-corrected chi connectivity index (χ1v) is 8.30. The average Bonchev–Trinajstić information content (AvgIpc) is 2.87. The largest absolute Gasteiger partial charge is 0.273 e. The van der Waals surface area contributed by atoms with Crippen molar-refractivity contribution in [3.05, 3.63) is 45.7 Å². The highest BCUT2D eigenvalue weighted by molar-refractivity contribution is 14.1. The van der Waals surface area contributed by atoms with Gasteiger partial charge in [0.05, 0.1) is 9.26 Å². The highest BCUT2D eigenvalue weighted by Crippen LogP contribution is 2.34. The minimum absolute atomic E-state index is 0.0468. The molecule has 0 spiro atoms. The Morgan fingerprint density at radius 3 is 2.62 bits per heavy atom. The van der Waals surface area contributed by atoms with Crippen molar-refractivity contribution in [1.82, 2.24) is 9.78 Å². The lowest BCUT2D eigenvalue weighted by atomic mass is 9.97. The SMILES string of the molecule is CC(=O)n1nc(C2=CCCCC2)c(I)c1-c1ccccc1. The first-order chi connectivity index (χ1) is 10.2. The fourth-order valence-corrected chi connectivity index (χ4v) is 3.72. The molecule has 0 fully saturated rings. The van der Waals surface area contributed by atoms with Crippen molar-refractivity contribution in [3.63, 3.8) is 0 Å². The van der Waals surface area contributed by atoms with Crippen molar-refractivity contribution in [2.45, 2.75) is 32.6 Å². The fraction of sp³-hybridized carbons (Fsp3) is 0.294. The molecule has 4 heteroatoms. The zero-order chi connectivity index (χ0) is 14.8. The van der Waals surface area contributed by atoms with E-state index in [2.05, 4.69) is 33.8 Å². The minimum Gasteiger partial charge on any atom is -0.273 e. The van der Waals surface area contributed by atoms with Crippen LogP contribution in [-0.4, -0.2) is 15.7 Å². The molecule has 0 bridgehead atoms. The van der Waals surface area contributed by atoms with E-state index in [1.165, 1.54) is 18.4 Å². The van der Waals surface area contributed by atoms with Crippen molar-refractivity contribution < 1.29 is 4.79 Å². The summed E-state index contributed by atoms with van der Waals surface area (Å²) >= 11 is 2.32. The van der Waals surface area contributed by atoms with Gasteiger partial charge in [-0.25, -0.2) is 0 Å². The Morgan fingerprint density at radius 2 is 2.00 bits per heavy atom. The topological polar surface area (TPSA) is 34.9 Å². The molecule has 1 aromatic carbocycles. The molecule has 0 unspecified atom stereocenters. The van der Waals surface area contributed by atoms with Crippen LogP contribution in [0.4, 0.5) is 0 Å². The molecule has 0 aliphatic heterocycles. The Morgan fingerprint density at radius 1 is 1.24 bits per heavy atom. The summed E-state index contributed by atoms with van der Waals surface area (Å²) in [6, 6.07) is 10.0. The van der Waals surface area contributed by atoms with E-state index in [4.69, 9.17) is 0 Å². The summed E-state index contributed by atoms with van der Waals surface area (Å²) in [6.07, 6.45) is 6.89. The van der Waals surface area contributed by atoms with Crippen molar-refractivity contribution in [3.8, 4) is 11.3 Å². The second-order valence-corrected chi connectivity index (χ2v) is 6.36. The molecule has 2 aromatic rings. The monoisotopic (exact) mass is 392 g/mol. The van der Waals surface area contributed by atoms with Gasteiger partial charge in [0, 0.05) is 12.5 Å². The number of hydrogen-bond donors (Lipinski definition) is 0. The summed E-state index contributed by atoms with van der Waals surface area (Å²) in [4.78, 5) is 12.0. The molecule has 108 valence electrons. The number of benzene rings is 1. The van der Waals surface area contributed by atoms with Gasteiger partial charge in [0.2, 0.25) is 5.91 Å². The third-order valence-corrected chi connectivity index (χ3v) is 4.79. The van der Waals surface area contributed by atoms with E-state index < -0.39 is 0 Å². The molecule has 0 radical (unpaired) electrons. The van der Waals surface area contributed by atoms with Crippen LogP contribution in [0.5, 0.6) is 0 Å². The van der Waals surface area contributed by atoms with Gasteiger partial charge >= 0.3 is 0 Å². The molecule has 0 atom stereocenters. The van der Waals surface area contributed by atoms with Crippen LogP contribution in [-0.2, 0) is 0 Å². The van der Waals surface area contributed by atoms with E-state index in [1.807, 2.05) is 30.3 Å². The van der Waals surface area contributed by atoms with E-state index >= 15 is 0 Å². The summed E-state index contributed by atoms with van der Waals surface area (Å²) < 4.78 is 2.61. The molecular weight excluding hydrogens is 375 g/mol. The summed E-state index contributed by atoms with van der Waals surface area (Å²) in [5.74, 6) is -0.0468. The van der Waals surface area contributed by atoms with Crippen LogP contribution < -0.4 is 0 Å². The predicted molar refractivity (Wildman–Crippen MR) is 93.1 cm³/mol. The minimum atomic E-state index is -0.0468. The molecule has 1 aliphatic rings. The van der Waals surface area contributed by atoms with Crippen LogP contribution in [0.25, 0.3) is 16.8 Å². The fourth-order valence-electron chi connectivity index (χ4n) is 2.73. The predicted octanol–water partition coefficient (Wildman–Crippen LogP) is 4.77. The molecule has 3 rings (SSSR count). The molecular formula is C17H17IN2O. The molecule has 21 heavy (non-hydrogen) atoms. The van der Waals surface area contributed by atoms with Crippen molar-refractivity contribution in [2.24, 2.45) is 0 Å². The maximum absolute atomic E-state index is 12.0. The summed E-state index contributed by atoms with van der Waals surface area (Å²) in [5, 5.41) is 4.60. The smallest absolute Gasteiger partial charge is 0.244 e. The first kappa shape index (κ1) is 14.5. The zero-order valence-corrected chi connectivity index (χ0v) is 14.1. The quantitative estimate of drug-likeness (QED) is 0.690. The van der Waals surface area contributed by atoms with Crippen LogP contribution in [0.2, 0.25) is 0 Å². The Hall–Kier alpha value is -1.43. The normalized spacial score (nSPS) is 14.9.